The first-order valence-electron chi connectivity index (χ1n) is 6.72. The van der Waals surface area contributed by atoms with Crippen molar-refractivity contribution in [3.05, 3.63) is 64.1 Å². The predicted molar refractivity (Wildman–Crippen MR) is 85.1 cm³/mol. The molecule has 0 aliphatic heterocycles. The van der Waals surface area contributed by atoms with Crippen molar-refractivity contribution in [1.82, 2.24) is 9.88 Å². The second-order valence-electron chi connectivity index (χ2n) is 4.81. The van der Waals surface area contributed by atoms with Crippen LogP contribution in [0.2, 0.25) is 0 Å². The van der Waals surface area contributed by atoms with E-state index in [0.717, 1.165) is 0 Å². The van der Waals surface area contributed by atoms with Crippen LogP contribution in [-0.2, 0) is 16.1 Å². The van der Waals surface area contributed by atoms with Gasteiger partial charge in [0, 0.05) is 36.0 Å². The zero-order valence-corrected chi connectivity index (χ0v) is 13.9. The fraction of sp³-hybridized carbons (Fsp3) is 0.188. The summed E-state index contributed by atoms with van der Waals surface area (Å²) in [6, 6.07) is 7.74. The third-order valence-corrected chi connectivity index (χ3v) is 3.49. The maximum absolute atomic E-state index is 13.6. The Hall–Kier alpha value is -2.28. The van der Waals surface area contributed by atoms with Gasteiger partial charge < -0.3 is 9.64 Å². The minimum atomic E-state index is -0.647. The second-order valence-corrected chi connectivity index (χ2v) is 5.72. The summed E-state index contributed by atoms with van der Waals surface area (Å²) in [6.07, 6.45) is 2.88. The normalized spacial score (nSPS) is 10.2. The first-order chi connectivity index (χ1) is 11.0. The first kappa shape index (κ1) is 17.1. The smallest absolute Gasteiger partial charge is 0.340 e. The molecule has 5 nitrogen and oxygen atoms in total. The van der Waals surface area contributed by atoms with Crippen LogP contribution >= 0.6 is 15.9 Å². The SMILES string of the molecule is CN(Cc1ccccc1F)C(=O)COC(=O)c1cncc(Br)c1. The van der Waals surface area contributed by atoms with Crippen molar-refractivity contribution < 1.29 is 18.7 Å². The Morgan fingerprint density at radius 3 is 2.74 bits per heavy atom. The topological polar surface area (TPSA) is 59.5 Å². The molecule has 1 aromatic heterocycles. The Morgan fingerprint density at radius 1 is 1.30 bits per heavy atom. The van der Waals surface area contributed by atoms with E-state index in [1.165, 1.54) is 30.4 Å². The van der Waals surface area contributed by atoms with E-state index in [2.05, 4.69) is 20.9 Å². The van der Waals surface area contributed by atoms with E-state index in [1.807, 2.05) is 0 Å². The maximum atomic E-state index is 13.6. The Balaban J connectivity index is 1.89. The van der Waals surface area contributed by atoms with Gasteiger partial charge in [0.1, 0.15) is 5.82 Å². The number of rotatable bonds is 5. The highest BCUT2D eigenvalue weighted by Crippen LogP contribution is 2.11. The van der Waals surface area contributed by atoms with Crippen molar-refractivity contribution in [3.8, 4) is 0 Å². The standard InChI is InChI=1S/C16H14BrFN2O3/c1-20(9-11-4-2-3-5-14(11)18)15(21)10-23-16(22)12-6-13(17)8-19-7-12/h2-8H,9-10H2,1H3. The van der Waals surface area contributed by atoms with Gasteiger partial charge in [-0.25, -0.2) is 9.18 Å². The number of aromatic nitrogens is 1. The summed E-state index contributed by atoms with van der Waals surface area (Å²) in [4.78, 5) is 28.9. The summed E-state index contributed by atoms with van der Waals surface area (Å²) in [7, 11) is 1.52. The summed E-state index contributed by atoms with van der Waals surface area (Å²) in [5.74, 6) is -1.46. The van der Waals surface area contributed by atoms with Gasteiger partial charge in [0.2, 0.25) is 0 Å². The number of hydrogen-bond acceptors (Lipinski definition) is 4. The summed E-state index contributed by atoms with van der Waals surface area (Å²) < 4.78 is 19.1. The largest absolute Gasteiger partial charge is 0.452 e. The highest BCUT2D eigenvalue weighted by Gasteiger charge is 2.15. The molecule has 0 bridgehead atoms. The average molecular weight is 381 g/mol. The number of likely N-dealkylation sites (N-methyl/N-ethyl adjacent to an activating group) is 1. The van der Waals surface area contributed by atoms with E-state index in [0.29, 0.717) is 10.0 Å². The summed E-state index contributed by atoms with van der Waals surface area (Å²) in [5, 5.41) is 0. The highest BCUT2D eigenvalue weighted by molar-refractivity contribution is 9.10. The van der Waals surface area contributed by atoms with Crippen LogP contribution < -0.4 is 0 Å². The minimum Gasteiger partial charge on any atom is -0.452 e. The fourth-order valence-electron chi connectivity index (χ4n) is 1.81. The molecule has 0 aliphatic rings. The first-order valence-corrected chi connectivity index (χ1v) is 7.51. The molecule has 0 unspecified atom stereocenters. The number of ether oxygens (including phenoxy) is 1. The second kappa shape index (κ2) is 7.82. The Labute approximate surface area is 141 Å². The van der Waals surface area contributed by atoms with Crippen molar-refractivity contribution in [2.45, 2.75) is 6.54 Å². The lowest BCUT2D eigenvalue weighted by molar-refractivity contribution is -0.133. The van der Waals surface area contributed by atoms with Gasteiger partial charge in [-0.1, -0.05) is 18.2 Å². The Bertz CT molecular complexity index is 724. The number of benzene rings is 1. The van der Waals surface area contributed by atoms with Crippen LogP contribution in [0.25, 0.3) is 0 Å². The molecular weight excluding hydrogens is 367 g/mol. The third-order valence-electron chi connectivity index (χ3n) is 3.06. The highest BCUT2D eigenvalue weighted by atomic mass is 79.9. The molecule has 0 aliphatic carbocycles. The van der Waals surface area contributed by atoms with Crippen LogP contribution in [-0.4, -0.2) is 35.4 Å². The summed E-state index contributed by atoms with van der Waals surface area (Å²) >= 11 is 3.20. The van der Waals surface area contributed by atoms with Crippen LogP contribution in [0.1, 0.15) is 15.9 Å². The van der Waals surface area contributed by atoms with Gasteiger partial charge in [0.25, 0.3) is 5.91 Å². The monoisotopic (exact) mass is 380 g/mol. The molecule has 2 aromatic rings. The molecule has 1 aromatic carbocycles. The van der Waals surface area contributed by atoms with Crippen LogP contribution in [0.3, 0.4) is 0 Å². The molecule has 0 saturated carbocycles. The summed E-state index contributed by atoms with van der Waals surface area (Å²) in [6.45, 7) is -0.322. The number of pyridine rings is 1. The molecule has 120 valence electrons. The Morgan fingerprint density at radius 2 is 2.04 bits per heavy atom. The van der Waals surface area contributed by atoms with Crippen LogP contribution in [0.5, 0.6) is 0 Å². The van der Waals surface area contributed by atoms with Gasteiger partial charge in [-0.2, -0.15) is 0 Å². The molecule has 7 heteroatoms. The average Bonchev–Trinajstić information content (AvgIpc) is 2.54. The molecule has 1 heterocycles. The van der Waals surface area contributed by atoms with Crippen LogP contribution in [0, 0.1) is 5.82 Å². The lowest BCUT2D eigenvalue weighted by Crippen LogP contribution is -2.31. The van der Waals surface area contributed by atoms with Crippen LogP contribution in [0.15, 0.2) is 47.2 Å². The van der Waals surface area contributed by atoms with E-state index >= 15 is 0 Å². The van der Waals surface area contributed by atoms with Crippen LogP contribution in [0.4, 0.5) is 4.39 Å². The molecule has 0 fully saturated rings. The van der Waals surface area contributed by atoms with Gasteiger partial charge in [0.15, 0.2) is 6.61 Å². The van der Waals surface area contributed by atoms with Gasteiger partial charge >= 0.3 is 5.97 Å². The molecule has 0 saturated heterocycles. The van der Waals surface area contributed by atoms with Gasteiger partial charge in [0.05, 0.1) is 5.56 Å². The molecule has 23 heavy (non-hydrogen) atoms. The number of halogens is 2. The van der Waals surface area contributed by atoms with Crippen molar-refractivity contribution >= 4 is 27.8 Å². The van der Waals surface area contributed by atoms with E-state index in [4.69, 9.17) is 4.74 Å². The molecule has 1 amide bonds. The molecule has 0 radical (unpaired) electrons. The number of carbonyl (C=O) groups is 2. The number of carbonyl (C=O) groups excluding carboxylic acids is 2. The molecule has 2 rings (SSSR count). The lowest BCUT2D eigenvalue weighted by Gasteiger charge is -2.17. The van der Waals surface area contributed by atoms with Gasteiger partial charge in [-0.3, -0.25) is 9.78 Å². The van der Waals surface area contributed by atoms with Gasteiger partial charge in [-0.15, -0.1) is 0 Å². The summed E-state index contributed by atoms with van der Waals surface area (Å²) in [5.41, 5.74) is 0.634. The Kier molecular flexibility index (Phi) is 5.81. The van der Waals surface area contributed by atoms with Crippen molar-refractivity contribution in [2.24, 2.45) is 0 Å². The molecule has 0 N–H and O–H groups in total. The van der Waals surface area contributed by atoms with E-state index in [9.17, 15) is 14.0 Å². The molecule has 0 atom stereocenters. The molecule has 0 spiro atoms. The van der Waals surface area contributed by atoms with Crippen molar-refractivity contribution in [2.75, 3.05) is 13.7 Å². The zero-order valence-electron chi connectivity index (χ0n) is 12.3. The van der Waals surface area contributed by atoms with Crippen molar-refractivity contribution in [3.63, 3.8) is 0 Å². The van der Waals surface area contributed by atoms with E-state index in [-0.39, 0.29) is 17.9 Å². The lowest BCUT2D eigenvalue weighted by atomic mass is 10.2. The third kappa shape index (κ3) is 4.85. The van der Waals surface area contributed by atoms with E-state index in [1.54, 1.807) is 24.3 Å². The number of nitrogens with zero attached hydrogens (tertiary/aromatic N) is 2. The number of esters is 1. The zero-order chi connectivity index (χ0) is 16.8. The number of amides is 1. The number of hydrogen-bond donors (Lipinski definition) is 0. The minimum absolute atomic E-state index is 0.0987. The van der Waals surface area contributed by atoms with E-state index < -0.39 is 18.5 Å². The fourth-order valence-corrected chi connectivity index (χ4v) is 2.18. The quantitative estimate of drug-likeness (QED) is 0.748. The predicted octanol–water partition coefficient (Wildman–Crippen LogP) is 2.80. The van der Waals surface area contributed by atoms with Gasteiger partial charge in [-0.05, 0) is 28.1 Å². The van der Waals surface area contributed by atoms with Crippen molar-refractivity contribution in [1.29, 1.82) is 0 Å². The molecular formula is C16H14BrFN2O3. The maximum Gasteiger partial charge on any atom is 0.340 e.